The van der Waals surface area contributed by atoms with Gasteiger partial charge in [-0.2, -0.15) is 26.3 Å². The van der Waals surface area contributed by atoms with E-state index >= 15 is 0 Å². The van der Waals surface area contributed by atoms with E-state index in [1.807, 2.05) is 0 Å². The summed E-state index contributed by atoms with van der Waals surface area (Å²) in [5, 5.41) is 0.451. The van der Waals surface area contributed by atoms with Crippen LogP contribution in [0.4, 0.5) is 35.5 Å². The van der Waals surface area contributed by atoms with Gasteiger partial charge in [0.25, 0.3) is 0 Å². The molecule has 0 bridgehead atoms. The van der Waals surface area contributed by atoms with Crippen LogP contribution in [0, 0.1) is 5.82 Å². The summed E-state index contributed by atoms with van der Waals surface area (Å²) in [7, 11) is 0. The Bertz CT molecular complexity index is 1490. The van der Waals surface area contributed by atoms with Gasteiger partial charge in [-0.3, -0.25) is 0 Å². The molecule has 4 rings (SSSR count). The lowest BCUT2D eigenvalue weighted by molar-refractivity contribution is -0.141. The van der Waals surface area contributed by atoms with Crippen molar-refractivity contribution in [2.24, 2.45) is 0 Å². The summed E-state index contributed by atoms with van der Waals surface area (Å²) < 4.78 is 102. The highest BCUT2D eigenvalue weighted by atomic mass is 19.4. The summed E-state index contributed by atoms with van der Waals surface area (Å²) in [5.41, 5.74) is -1.71. The van der Waals surface area contributed by atoms with Gasteiger partial charge in [-0.1, -0.05) is 12.1 Å². The van der Waals surface area contributed by atoms with E-state index in [-0.39, 0.29) is 5.75 Å². The van der Waals surface area contributed by atoms with E-state index in [0.717, 1.165) is 0 Å². The molecule has 0 N–H and O–H groups in total. The molecule has 206 valence electrons. The number of hydrogen-bond acceptors (Lipinski definition) is 2. The summed E-state index contributed by atoms with van der Waals surface area (Å²) >= 11 is 0. The van der Waals surface area contributed by atoms with Crippen LogP contribution in [0.2, 0.25) is 0 Å². The highest BCUT2D eigenvalue weighted by molar-refractivity contribution is 5.99. The van der Waals surface area contributed by atoms with E-state index in [4.69, 9.17) is 4.74 Å². The van der Waals surface area contributed by atoms with Crippen molar-refractivity contribution in [2.45, 2.75) is 32.7 Å². The minimum atomic E-state index is -4.87. The average molecular weight is 552 g/mol. The Morgan fingerprint density at radius 1 is 0.872 bits per heavy atom. The van der Waals surface area contributed by atoms with E-state index in [1.165, 1.54) is 52.1 Å². The van der Waals surface area contributed by atoms with Gasteiger partial charge in [0.05, 0.1) is 11.1 Å². The molecular formula is C28H23F7N2O2. The molecule has 0 radical (unpaired) electrons. The van der Waals surface area contributed by atoms with Gasteiger partial charge in [0.2, 0.25) is 0 Å². The van der Waals surface area contributed by atoms with E-state index in [1.54, 1.807) is 19.9 Å². The number of amides is 1. The molecule has 1 amide bonds. The van der Waals surface area contributed by atoms with Gasteiger partial charge in [-0.05, 0) is 73.5 Å². The topological polar surface area (TPSA) is 34.5 Å². The third-order valence-electron chi connectivity index (χ3n) is 6.35. The van der Waals surface area contributed by atoms with Crippen molar-refractivity contribution in [1.29, 1.82) is 0 Å². The SMILES string of the molecule is CCN(CC)C(=O)Oc1ccc2c(ccn2Cc2cc(C(F)(F)F)ccc2C(F)(F)F)c1-c1ccc(F)cc1. The minimum Gasteiger partial charge on any atom is -0.410 e. The van der Waals surface area contributed by atoms with Crippen molar-refractivity contribution in [3.05, 3.63) is 89.4 Å². The fourth-order valence-corrected chi connectivity index (χ4v) is 4.39. The number of hydrogen-bond donors (Lipinski definition) is 0. The first-order chi connectivity index (χ1) is 18.3. The second-order valence-electron chi connectivity index (χ2n) is 8.73. The van der Waals surface area contributed by atoms with Gasteiger partial charge in [0, 0.05) is 42.3 Å². The fourth-order valence-electron chi connectivity index (χ4n) is 4.39. The van der Waals surface area contributed by atoms with Crippen molar-refractivity contribution in [3.63, 3.8) is 0 Å². The van der Waals surface area contributed by atoms with Crippen LogP contribution in [-0.4, -0.2) is 28.6 Å². The van der Waals surface area contributed by atoms with Crippen LogP contribution in [0.25, 0.3) is 22.0 Å². The quantitative estimate of drug-likeness (QED) is 0.225. The van der Waals surface area contributed by atoms with Gasteiger partial charge in [0.1, 0.15) is 11.6 Å². The van der Waals surface area contributed by atoms with Gasteiger partial charge in [-0.25, -0.2) is 9.18 Å². The largest absolute Gasteiger partial charge is 0.416 e. The molecule has 11 heteroatoms. The zero-order valence-corrected chi connectivity index (χ0v) is 20.8. The van der Waals surface area contributed by atoms with E-state index < -0.39 is 47.5 Å². The number of carbonyl (C=O) groups is 1. The number of rotatable bonds is 6. The molecule has 0 aliphatic carbocycles. The number of ether oxygens (including phenoxy) is 1. The number of alkyl halides is 6. The molecule has 0 saturated heterocycles. The average Bonchev–Trinajstić information content (AvgIpc) is 3.26. The molecule has 1 heterocycles. The second kappa shape index (κ2) is 10.6. The summed E-state index contributed by atoms with van der Waals surface area (Å²) in [4.78, 5) is 14.1. The highest BCUT2D eigenvalue weighted by Crippen LogP contribution is 2.40. The van der Waals surface area contributed by atoms with Crippen LogP contribution < -0.4 is 4.74 Å². The Kier molecular flexibility index (Phi) is 7.63. The smallest absolute Gasteiger partial charge is 0.410 e. The lowest BCUT2D eigenvalue weighted by atomic mass is 10.00. The normalized spacial score (nSPS) is 12.1. The summed E-state index contributed by atoms with van der Waals surface area (Å²) in [6, 6.07) is 11.2. The Morgan fingerprint density at radius 3 is 2.13 bits per heavy atom. The molecule has 0 spiro atoms. The summed E-state index contributed by atoms with van der Waals surface area (Å²) in [5.74, 6) is -0.367. The molecule has 0 unspecified atom stereocenters. The van der Waals surface area contributed by atoms with Crippen LogP contribution in [0.15, 0.2) is 66.9 Å². The van der Waals surface area contributed by atoms with Crippen LogP contribution in [0.5, 0.6) is 5.75 Å². The molecule has 39 heavy (non-hydrogen) atoms. The molecular weight excluding hydrogens is 529 g/mol. The molecule has 0 aliphatic rings. The number of aromatic nitrogens is 1. The third-order valence-corrected chi connectivity index (χ3v) is 6.35. The Balaban J connectivity index is 1.85. The van der Waals surface area contributed by atoms with Gasteiger partial charge < -0.3 is 14.2 Å². The zero-order chi connectivity index (χ0) is 28.5. The molecule has 4 nitrogen and oxygen atoms in total. The van der Waals surface area contributed by atoms with Crippen molar-refractivity contribution >= 4 is 17.0 Å². The highest BCUT2D eigenvalue weighted by Gasteiger charge is 2.37. The van der Waals surface area contributed by atoms with Crippen LogP contribution in [0.1, 0.15) is 30.5 Å². The molecule has 3 aromatic carbocycles. The minimum absolute atomic E-state index is 0.138. The monoisotopic (exact) mass is 552 g/mol. The van der Waals surface area contributed by atoms with Crippen molar-refractivity contribution in [3.8, 4) is 16.9 Å². The van der Waals surface area contributed by atoms with Crippen molar-refractivity contribution in [1.82, 2.24) is 9.47 Å². The molecule has 0 atom stereocenters. The third kappa shape index (κ3) is 5.86. The van der Waals surface area contributed by atoms with Crippen LogP contribution in [0.3, 0.4) is 0 Å². The zero-order valence-electron chi connectivity index (χ0n) is 20.8. The molecule has 1 aromatic heterocycles. The summed E-state index contributed by atoms with van der Waals surface area (Å²) in [6.45, 7) is 3.82. The molecule has 4 aromatic rings. The standard InChI is InChI=1S/C28H23F7N2O2/c1-3-36(4-2)26(38)39-24-12-11-23-21(25(24)17-5-8-20(29)9-6-17)13-14-37(23)16-18-15-19(27(30,31)32)7-10-22(18)28(33,34)35/h5-15H,3-4,16H2,1-2H3. The number of carbonyl (C=O) groups excluding carboxylic acids is 1. The van der Waals surface area contributed by atoms with Crippen molar-refractivity contribution in [2.75, 3.05) is 13.1 Å². The lowest BCUT2D eigenvalue weighted by Crippen LogP contribution is -2.33. The lowest BCUT2D eigenvalue weighted by Gasteiger charge is -2.20. The first-order valence-corrected chi connectivity index (χ1v) is 11.9. The van der Waals surface area contributed by atoms with E-state index in [9.17, 15) is 35.5 Å². The molecule has 0 aliphatic heterocycles. The molecule has 0 fully saturated rings. The van der Waals surface area contributed by atoms with Crippen LogP contribution >= 0.6 is 0 Å². The number of nitrogens with zero attached hydrogens (tertiary/aromatic N) is 2. The van der Waals surface area contributed by atoms with Crippen molar-refractivity contribution < 1.29 is 40.3 Å². The van der Waals surface area contributed by atoms with Crippen LogP contribution in [-0.2, 0) is 18.9 Å². The number of benzene rings is 3. The Hall–Kier alpha value is -4.02. The maximum absolute atomic E-state index is 13.7. The first kappa shape index (κ1) is 28.0. The van der Waals surface area contributed by atoms with Gasteiger partial charge >= 0.3 is 18.4 Å². The predicted octanol–water partition coefficient (Wildman–Crippen LogP) is 8.37. The maximum Gasteiger partial charge on any atom is 0.416 e. The number of fused-ring (bicyclic) bond motifs is 1. The Labute approximate surface area is 219 Å². The molecule has 0 saturated carbocycles. The fraction of sp³-hybridized carbons (Fsp3) is 0.250. The van der Waals surface area contributed by atoms with E-state index in [0.29, 0.717) is 53.3 Å². The van der Waals surface area contributed by atoms with Gasteiger partial charge in [0.15, 0.2) is 0 Å². The van der Waals surface area contributed by atoms with Gasteiger partial charge in [-0.15, -0.1) is 0 Å². The summed E-state index contributed by atoms with van der Waals surface area (Å²) in [6.07, 6.45) is -8.88. The Morgan fingerprint density at radius 2 is 1.54 bits per heavy atom. The maximum atomic E-state index is 13.7. The van der Waals surface area contributed by atoms with E-state index in [2.05, 4.69) is 0 Å². The number of halogens is 7. The predicted molar refractivity (Wildman–Crippen MR) is 132 cm³/mol. The second-order valence-corrected chi connectivity index (χ2v) is 8.73. The first-order valence-electron chi connectivity index (χ1n) is 11.9.